The zero-order valence-electron chi connectivity index (χ0n) is 33.6. The monoisotopic (exact) mass is 836 g/mol. The SMILES string of the molecule is c1ccc(-c2nc(-c3cc(-n4c5cc6ccccc6cc5c5ccc6ccccc6c54)c4c(c3)sc3c5ccccc5ccc34)nc(-c3ccc4sc5ccccc5c4c3)n2)cc1. The molecular weight excluding hydrogens is 805 g/mol. The molecule has 0 atom stereocenters. The van der Waals surface area contributed by atoms with Gasteiger partial charge in [0.2, 0.25) is 0 Å². The molecule has 4 heterocycles. The highest BCUT2D eigenvalue weighted by Crippen LogP contribution is 2.47. The standard InChI is InChI=1S/C57H32N4S2/c1-2-14-35(15-3-1)55-58-56(38-24-27-50-46(29-38)42-20-10-11-21-49(42)62-50)60-57(59-55)39-31-48(52-44-26-23-34-13-7-9-19-41(34)54(44)63-51(52)32-39)61-47-30-37-17-5-4-16-36(37)28-45(47)43-25-22-33-12-6-8-18-40(33)53(43)61/h1-32H. The molecule has 0 unspecified atom stereocenters. The van der Waals surface area contributed by atoms with E-state index in [9.17, 15) is 0 Å². The molecule has 14 rings (SSSR count). The summed E-state index contributed by atoms with van der Waals surface area (Å²) in [5, 5.41) is 14.7. The van der Waals surface area contributed by atoms with Crippen molar-refractivity contribution in [2.75, 3.05) is 0 Å². The number of thiophene rings is 2. The van der Waals surface area contributed by atoms with Gasteiger partial charge in [0.25, 0.3) is 0 Å². The van der Waals surface area contributed by atoms with Crippen molar-refractivity contribution < 1.29 is 0 Å². The van der Waals surface area contributed by atoms with Crippen LogP contribution in [-0.2, 0) is 0 Å². The number of benzene rings is 10. The van der Waals surface area contributed by atoms with Gasteiger partial charge in [-0.3, -0.25) is 0 Å². The molecule has 0 spiro atoms. The minimum atomic E-state index is 0.635. The quantitative estimate of drug-likeness (QED) is 0.177. The van der Waals surface area contributed by atoms with Crippen molar-refractivity contribution >= 4 is 117 Å². The summed E-state index contributed by atoms with van der Waals surface area (Å²) in [4.78, 5) is 15.9. The lowest BCUT2D eigenvalue weighted by molar-refractivity contribution is 1.07. The zero-order chi connectivity index (χ0) is 41.2. The Labute approximate surface area is 368 Å². The first-order valence-electron chi connectivity index (χ1n) is 21.2. The molecule has 14 aromatic rings. The van der Waals surface area contributed by atoms with Gasteiger partial charge in [0, 0.05) is 73.2 Å². The number of fused-ring (bicyclic) bond motifs is 14. The molecule has 0 N–H and O–H groups in total. The zero-order valence-corrected chi connectivity index (χ0v) is 35.2. The minimum Gasteiger partial charge on any atom is -0.308 e. The first-order chi connectivity index (χ1) is 31.2. The molecule has 10 aromatic carbocycles. The highest BCUT2D eigenvalue weighted by atomic mass is 32.1. The second-order valence-electron chi connectivity index (χ2n) is 16.4. The van der Waals surface area contributed by atoms with Gasteiger partial charge in [-0.2, -0.15) is 0 Å². The number of aromatic nitrogens is 4. The molecule has 4 nitrogen and oxygen atoms in total. The van der Waals surface area contributed by atoms with Crippen LogP contribution in [0.3, 0.4) is 0 Å². The van der Waals surface area contributed by atoms with E-state index in [1.165, 1.54) is 89.0 Å². The Balaban J connectivity index is 1.12. The molecule has 0 aliphatic rings. The highest BCUT2D eigenvalue weighted by molar-refractivity contribution is 7.27. The lowest BCUT2D eigenvalue weighted by atomic mass is 10.0. The largest absolute Gasteiger partial charge is 0.308 e. The Bertz CT molecular complexity index is 4220. The molecule has 6 heteroatoms. The maximum atomic E-state index is 5.40. The molecule has 0 saturated heterocycles. The van der Waals surface area contributed by atoms with E-state index < -0.39 is 0 Å². The van der Waals surface area contributed by atoms with Crippen LogP contribution in [-0.4, -0.2) is 19.5 Å². The van der Waals surface area contributed by atoms with Gasteiger partial charge in [0.1, 0.15) is 0 Å². The molecular formula is C57H32N4S2. The van der Waals surface area contributed by atoms with Crippen LogP contribution in [0.25, 0.3) is 134 Å². The maximum absolute atomic E-state index is 5.40. The van der Waals surface area contributed by atoms with Crippen LogP contribution in [0.1, 0.15) is 0 Å². The van der Waals surface area contributed by atoms with Crippen LogP contribution in [0.4, 0.5) is 0 Å². The maximum Gasteiger partial charge on any atom is 0.164 e. The van der Waals surface area contributed by atoms with E-state index in [1.807, 2.05) is 40.9 Å². The van der Waals surface area contributed by atoms with Crippen LogP contribution in [0.15, 0.2) is 194 Å². The fourth-order valence-corrected chi connectivity index (χ4v) is 12.2. The molecule has 0 amide bonds. The van der Waals surface area contributed by atoms with Gasteiger partial charge in [0.05, 0.1) is 16.7 Å². The third kappa shape index (κ3) is 5.29. The summed E-state index contributed by atoms with van der Waals surface area (Å²) in [6.45, 7) is 0. The second-order valence-corrected chi connectivity index (χ2v) is 18.5. The Hall–Kier alpha value is -7.77. The van der Waals surface area contributed by atoms with E-state index in [1.54, 1.807) is 0 Å². The summed E-state index contributed by atoms with van der Waals surface area (Å²) in [6.07, 6.45) is 0. The average Bonchev–Trinajstić information content (AvgIpc) is 4.02. The minimum absolute atomic E-state index is 0.635. The lowest BCUT2D eigenvalue weighted by Crippen LogP contribution is -2.01. The van der Waals surface area contributed by atoms with Crippen molar-refractivity contribution in [3.63, 3.8) is 0 Å². The molecule has 0 saturated carbocycles. The van der Waals surface area contributed by atoms with Crippen molar-refractivity contribution in [2.45, 2.75) is 0 Å². The van der Waals surface area contributed by atoms with Gasteiger partial charge in [0.15, 0.2) is 17.5 Å². The number of rotatable bonds is 4. The van der Waals surface area contributed by atoms with E-state index in [0.717, 1.165) is 27.9 Å². The fraction of sp³-hybridized carbons (Fsp3) is 0. The van der Waals surface area contributed by atoms with Gasteiger partial charge in [-0.15, -0.1) is 22.7 Å². The van der Waals surface area contributed by atoms with Crippen molar-refractivity contribution in [3.05, 3.63) is 194 Å². The molecule has 0 aliphatic heterocycles. The summed E-state index contributed by atoms with van der Waals surface area (Å²) in [5.74, 6) is 1.93. The smallest absolute Gasteiger partial charge is 0.164 e. The summed E-state index contributed by atoms with van der Waals surface area (Å²) < 4.78 is 7.50. The van der Waals surface area contributed by atoms with Crippen LogP contribution >= 0.6 is 22.7 Å². The van der Waals surface area contributed by atoms with Gasteiger partial charge in [-0.25, -0.2) is 15.0 Å². The van der Waals surface area contributed by atoms with Crippen molar-refractivity contribution in [1.82, 2.24) is 19.5 Å². The van der Waals surface area contributed by atoms with E-state index in [-0.39, 0.29) is 0 Å². The molecule has 0 fully saturated rings. The van der Waals surface area contributed by atoms with Gasteiger partial charge >= 0.3 is 0 Å². The van der Waals surface area contributed by atoms with E-state index >= 15 is 0 Å². The normalized spacial score (nSPS) is 12.1. The lowest BCUT2D eigenvalue weighted by Gasteiger charge is -2.15. The highest BCUT2D eigenvalue weighted by Gasteiger charge is 2.23. The number of nitrogens with zero attached hydrogens (tertiary/aromatic N) is 4. The fourth-order valence-electron chi connectivity index (χ4n) is 9.85. The Kier molecular flexibility index (Phi) is 7.40. The molecule has 4 aromatic heterocycles. The first kappa shape index (κ1) is 34.9. The summed E-state index contributed by atoms with van der Waals surface area (Å²) >= 11 is 3.67. The predicted octanol–water partition coefficient (Wildman–Crippen LogP) is 16.2. The van der Waals surface area contributed by atoms with Crippen LogP contribution in [0.5, 0.6) is 0 Å². The van der Waals surface area contributed by atoms with Crippen LogP contribution < -0.4 is 0 Å². The van der Waals surface area contributed by atoms with Crippen molar-refractivity contribution in [1.29, 1.82) is 0 Å². The van der Waals surface area contributed by atoms with Crippen molar-refractivity contribution in [3.8, 4) is 39.9 Å². The second kappa shape index (κ2) is 13.4. The molecule has 0 aliphatic carbocycles. The third-order valence-corrected chi connectivity index (χ3v) is 15.1. The topological polar surface area (TPSA) is 43.6 Å². The predicted molar refractivity (Wildman–Crippen MR) is 269 cm³/mol. The van der Waals surface area contributed by atoms with Crippen LogP contribution in [0.2, 0.25) is 0 Å². The summed E-state index contributed by atoms with van der Waals surface area (Å²) in [5.41, 5.74) is 6.30. The Morgan fingerprint density at radius 3 is 1.76 bits per heavy atom. The number of hydrogen-bond donors (Lipinski definition) is 0. The van der Waals surface area contributed by atoms with Gasteiger partial charge < -0.3 is 4.57 Å². The van der Waals surface area contributed by atoms with E-state index in [0.29, 0.717) is 17.5 Å². The molecule has 63 heavy (non-hydrogen) atoms. The van der Waals surface area contributed by atoms with Crippen molar-refractivity contribution in [2.24, 2.45) is 0 Å². The van der Waals surface area contributed by atoms with E-state index in [2.05, 4.69) is 180 Å². The van der Waals surface area contributed by atoms with Gasteiger partial charge in [-0.05, 0) is 75.5 Å². The average molecular weight is 837 g/mol. The summed E-state index contributed by atoms with van der Waals surface area (Å²) in [6, 6.07) is 70.3. The molecule has 292 valence electrons. The van der Waals surface area contributed by atoms with Gasteiger partial charge in [-0.1, -0.05) is 146 Å². The summed E-state index contributed by atoms with van der Waals surface area (Å²) in [7, 11) is 0. The molecule has 0 radical (unpaired) electrons. The molecule has 0 bridgehead atoms. The first-order valence-corrected chi connectivity index (χ1v) is 22.8. The van der Waals surface area contributed by atoms with E-state index in [4.69, 9.17) is 15.0 Å². The van der Waals surface area contributed by atoms with Crippen LogP contribution in [0, 0.1) is 0 Å². The third-order valence-electron chi connectivity index (χ3n) is 12.8. The Morgan fingerprint density at radius 1 is 0.333 bits per heavy atom. The Morgan fingerprint density at radius 2 is 0.952 bits per heavy atom. The number of hydrogen-bond acceptors (Lipinski definition) is 5.